The van der Waals surface area contributed by atoms with Gasteiger partial charge in [-0.15, -0.1) is 0 Å². The maximum absolute atomic E-state index is 12.8. The van der Waals surface area contributed by atoms with Crippen LogP contribution in [0.4, 0.5) is 0 Å². The molecular weight excluding hydrogens is 290 g/mol. The zero-order valence-electron chi connectivity index (χ0n) is 13.5. The molecule has 1 saturated heterocycles. The third-order valence-electron chi connectivity index (χ3n) is 4.99. The largest absolute Gasteiger partial charge is 0.349 e. The summed E-state index contributed by atoms with van der Waals surface area (Å²) in [5.74, 6) is 2.34. The molecule has 2 aliphatic rings. The van der Waals surface area contributed by atoms with Crippen molar-refractivity contribution >= 4 is 5.91 Å². The Balaban J connectivity index is 1.39. The van der Waals surface area contributed by atoms with Gasteiger partial charge in [-0.3, -0.25) is 9.48 Å². The van der Waals surface area contributed by atoms with E-state index in [-0.39, 0.29) is 5.91 Å². The van der Waals surface area contributed by atoms with Crippen LogP contribution in [-0.4, -0.2) is 43.6 Å². The third kappa shape index (κ3) is 3.02. The second kappa shape index (κ2) is 5.83. The Labute approximate surface area is 135 Å². The van der Waals surface area contributed by atoms with E-state index in [1.807, 2.05) is 24.3 Å². The van der Waals surface area contributed by atoms with Gasteiger partial charge in [-0.25, -0.2) is 4.98 Å². The molecule has 0 aromatic carbocycles. The molecule has 4 rings (SSSR count). The van der Waals surface area contributed by atoms with Gasteiger partial charge in [0, 0.05) is 51.1 Å². The first-order valence-corrected chi connectivity index (χ1v) is 8.52. The normalized spacial score (nSPS) is 19.3. The van der Waals surface area contributed by atoms with Gasteiger partial charge >= 0.3 is 0 Å². The van der Waals surface area contributed by atoms with Crippen LogP contribution in [0.3, 0.4) is 0 Å². The third-order valence-corrected chi connectivity index (χ3v) is 4.99. The number of piperidine rings is 1. The lowest BCUT2D eigenvalue weighted by molar-refractivity contribution is 0.0688. The van der Waals surface area contributed by atoms with Crippen LogP contribution in [0.1, 0.15) is 53.5 Å². The maximum atomic E-state index is 12.8. The molecule has 2 aromatic rings. The minimum absolute atomic E-state index is 0.163. The van der Waals surface area contributed by atoms with Crippen LogP contribution in [0, 0.1) is 5.92 Å². The number of hydrogen-bond donors (Lipinski definition) is 1. The van der Waals surface area contributed by atoms with Crippen LogP contribution in [0.15, 0.2) is 18.6 Å². The molecule has 1 aliphatic carbocycles. The van der Waals surface area contributed by atoms with Gasteiger partial charge in [-0.1, -0.05) is 0 Å². The highest BCUT2D eigenvalue weighted by molar-refractivity contribution is 5.95. The first-order valence-electron chi connectivity index (χ1n) is 8.52. The Kier molecular flexibility index (Phi) is 3.67. The molecule has 0 spiro atoms. The number of likely N-dealkylation sites (tertiary alicyclic amines) is 1. The highest BCUT2D eigenvalue weighted by Gasteiger charge is 2.33. The van der Waals surface area contributed by atoms with Gasteiger partial charge in [0.05, 0.1) is 11.3 Å². The smallest absolute Gasteiger partial charge is 0.257 e. The predicted octanol–water partition coefficient (Wildman–Crippen LogP) is 2.12. The average molecular weight is 313 g/mol. The number of nitrogens with zero attached hydrogens (tertiary/aromatic N) is 4. The van der Waals surface area contributed by atoms with E-state index in [4.69, 9.17) is 0 Å². The fraction of sp³-hybridized carbons (Fsp3) is 0.588. The summed E-state index contributed by atoms with van der Waals surface area (Å²) in [5, 5.41) is 4.51. The molecule has 122 valence electrons. The molecule has 0 bridgehead atoms. The van der Waals surface area contributed by atoms with Crippen molar-refractivity contribution in [2.45, 2.75) is 38.0 Å². The summed E-state index contributed by atoms with van der Waals surface area (Å²) < 4.78 is 1.78. The lowest BCUT2D eigenvalue weighted by Gasteiger charge is -2.31. The highest BCUT2D eigenvalue weighted by atomic mass is 16.2. The fourth-order valence-corrected chi connectivity index (χ4v) is 3.52. The molecule has 0 atom stereocenters. The summed E-state index contributed by atoms with van der Waals surface area (Å²) in [7, 11) is 1.90. The lowest BCUT2D eigenvalue weighted by atomic mass is 9.93. The molecule has 23 heavy (non-hydrogen) atoms. The number of amides is 1. The van der Waals surface area contributed by atoms with Crippen LogP contribution in [-0.2, 0) is 13.5 Å². The van der Waals surface area contributed by atoms with Crippen molar-refractivity contribution in [1.29, 1.82) is 0 Å². The molecule has 1 amide bonds. The second-order valence-electron chi connectivity index (χ2n) is 6.85. The number of aromatic nitrogens is 4. The van der Waals surface area contributed by atoms with Crippen molar-refractivity contribution in [3.8, 4) is 0 Å². The molecule has 6 nitrogen and oxygen atoms in total. The van der Waals surface area contributed by atoms with E-state index >= 15 is 0 Å². The Morgan fingerprint density at radius 2 is 2.09 bits per heavy atom. The van der Waals surface area contributed by atoms with Crippen molar-refractivity contribution in [1.82, 2.24) is 24.6 Å². The average Bonchev–Trinajstić information content (AvgIpc) is 3.14. The van der Waals surface area contributed by atoms with E-state index < -0.39 is 0 Å². The van der Waals surface area contributed by atoms with Crippen molar-refractivity contribution in [3.63, 3.8) is 0 Å². The first kappa shape index (κ1) is 14.5. The number of H-pyrrole nitrogens is 1. The molecule has 1 saturated carbocycles. The van der Waals surface area contributed by atoms with Gasteiger partial charge in [-0.05, 0) is 31.6 Å². The van der Waals surface area contributed by atoms with Gasteiger partial charge in [0.1, 0.15) is 5.82 Å². The first-order chi connectivity index (χ1) is 11.2. The molecular formula is C17H23N5O. The summed E-state index contributed by atoms with van der Waals surface area (Å²) in [6.07, 6.45) is 11.0. The van der Waals surface area contributed by atoms with Crippen LogP contribution in [0.2, 0.25) is 0 Å². The summed E-state index contributed by atoms with van der Waals surface area (Å²) in [5.41, 5.74) is 1.83. The Morgan fingerprint density at radius 3 is 2.74 bits per heavy atom. The lowest BCUT2D eigenvalue weighted by Crippen LogP contribution is -2.39. The zero-order valence-corrected chi connectivity index (χ0v) is 13.5. The van der Waals surface area contributed by atoms with Crippen molar-refractivity contribution in [2.75, 3.05) is 13.1 Å². The predicted molar refractivity (Wildman–Crippen MR) is 86.1 cm³/mol. The standard InChI is InChI=1S/C17H23N5O/c1-21-11-14(16(20-21)13-2-3-13)17(23)22-8-4-12(5-9-22)10-15-18-6-7-19-15/h6-7,11-13H,2-5,8-10H2,1H3,(H,18,19). The molecule has 0 unspecified atom stereocenters. The van der Waals surface area contributed by atoms with Crippen molar-refractivity contribution in [3.05, 3.63) is 35.7 Å². The summed E-state index contributed by atoms with van der Waals surface area (Å²) in [6.45, 7) is 1.67. The van der Waals surface area contributed by atoms with E-state index in [1.165, 1.54) is 12.8 Å². The van der Waals surface area contributed by atoms with Gasteiger partial charge in [0.2, 0.25) is 0 Å². The minimum Gasteiger partial charge on any atom is -0.349 e. The molecule has 0 radical (unpaired) electrons. The number of rotatable bonds is 4. The molecule has 3 heterocycles. The summed E-state index contributed by atoms with van der Waals surface area (Å²) in [6, 6.07) is 0. The summed E-state index contributed by atoms with van der Waals surface area (Å²) >= 11 is 0. The molecule has 1 aliphatic heterocycles. The number of carbonyl (C=O) groups is 1. The van der Waals surface area contributed by atoms with Crippen molar-refractivity contribution in [2.24, 2.45) is 13.0 Å². The highest BCUT2D eigenvalue weighted by Crippen LogP contribution is 2.41. The fourth-order valence-electron chi connectivity index (χ4n) is 3.52. The van der Waals surface area contributed by atoms with Gasteiger partial charge in [0.25, 0.3) is 5.91 Å². The topological polar surface area (TPSA) is 66.8 Å². The van der Waals surface area contributed by atoms with E-state index in [1.54, 1.807) is 10.9 Å². The van der Waals surface area contributed by atoms with Gasteiger partial charge < -0.3 is 9.88 Å². The number of aryl methyl sites for hydroxylation is 1. The maximum Gasteiger partial charge on any atom is 0.257 e. The number of aromatic amines is 1. The van der Waals surface area contributed by atoms with Gasteiger partial charge in [0.15, 0.2) is 0 Å². The molecule has 1 N–H and O–H groups in total. The minimum atomic E-state index is 0.163. The van der Waals surface area contributed by atoms with Gasteiger partial charge in [-0.2, -0.15) is 5.10 Å². The number of hydrogen-bond acceptors (Lipinski definition) is 3. The van der Waals surface area contributed by atoms with Crippen molar-refractivity contribution < 1.29 is 4.79 Å². The number of carbonyl (C=O) groups excluding carboxylic acids is 1. The summed E-state index contributed by atoms with van der Waals surface area (Å²) in [4.78, 5) is 22.3. The van der Waals surface area contributed by atoms with Crippen LogP contribution in [0.5, 0.6) is 0 Å². The molecule has 2 fully saturated rings. The van der Waals surface area contributed by atoms with E-state index in [9.17, 15) is 4.79 Å². The number of nitrogens with one attached hydrogen (secondary N) is 1. The van der Waals surface area contributed by atoms with Crippen LogP contribution in [0.25, 0.3) is 0 Å². The second-order valence-corrected chi connectivity index (χ2v) is 6.85. The SMILES string of the molecule is Cn1cc(C(=O)N2CCC(Cc3ncc[nH]3)CC2)c(C2CC2)n1. The Bertz CT molecular complexity index is 678. The van der Waals surface area contributed by atoms with E-state index in [2.05, 4.69) is 15.1 Å². The number of imidazole rings is 1. The quantitative estimate of drug-likeness (QED) is 0.940. The van der Waals surface area contributed by atoms with E-state index in [0.717, 1.165) is 49.4 Å². The van der Waals surface area contributed by atoms with Crippen LogP contribution < -0.4 is 0 Å². The van der Waals surface area contributed by atoms with Crippen LogP contribution >= 0.6 is 0 Å². The molecule has 6 heteroatoms. The molecule has 2 aromatic heterocycles. The zero-order chi connectivity index (χ0) is 15.8. The monoisotopic (exact) mass is 313 g/mol. The van der Waals surface area contributed by atoms with E-state index in [0.29, 0.717) is 11.8 Å². The Hall–Kier alpha value is -2.11. The Morgan fingerprint density at radius 1 is 1.30 bits per heavy atom.